The van der Waals surface area contributed by atoms with Crippen molar-refractivity contribution >= 4 is 7.52 Å². The third-order valence-corrected chi connectivity index (χ3v) is 6.51. The number of nitrogens with one attached hydrogen (secondary N) is 1. The zero-order valence-electron chi connectivity index (χ0n) is 16.5. The highest BCUT2D eigenvalue weighted by molar-refractivity contribution is 7.56. The van der Waals surface area contributed by atoms with Crippen LogP contribution in [0.25, 0.3) is 0 Å². The number of hydrogen-bond acceptors (Lipinski definition) is 4. The molecule has 6 heteroatoms. The molecule has 150 valence electrons. The van der Waals surface area contributed by atoms with Gasteiger partial charge in [0.15, 0.2) is 6.29 Å². The summed E-state index contributed by atoms with van der Waals surface area (Å²) in [4.78, 5) is 0. The van der Waals surface area contributed by atoms with Gasteiger partial charge in [-0.25, -0.2) is 5.09 Å². The van der Waals surface area contributed by atoms with Crippen molar-refractivity contribution in [2.45, 2.75) is 38.4 Å². The molecule has 5 atom stereocenters. The van der Waals surface area contributed by atoms with E-state index in [0.717, 1.165) is 11.1 Å². The summed E-state index contributed by atoms with van der Waals surface area (Å²) in [5.41, 5.74) is 1.34. The minimum absolute atomic E-state index is 0.00728. The van der Waals surface area contributed by atoms with Gasteiger partial charge in [0.25, 0.3) is 7.52 Å². The van der Waals surface area contributed by atoms with Crippen molar-refractivity contribution < 1.29 is 18.9 Å². The first-order valence-corrected chi connectivity index (χ1v) is 11.5. The molecule has 4 unspecified atom stereocenters. The molecule has 0 saturated heterocycles. The summed E-state index contributed by atoms with van der Waals surface area (Å²) in [6.07, 6.45) is 12.8. The van der Waals surface area contributed by atoms with E-state index in [1.54, 1.807) is 6.92 Å². The Morgan fingerprint density at radius 2 is 2.00 bits per heavy atom. The molecule has 0 spiro atoms. The maximum Gasteiger partial charge on any atom is 0.268 e. The molecule has 2 aliphatic carbocycles. The van der Waals surface area contributed by atoms with E-state index in [0.29, 0.717) is 0 Å². The standard InChI is InChI=1S/C22H28NO4P/c1-17(21(24)26-16-18-10-5-4-6-11-18)23-28(3,25)27-22(2)15-9-13-19-12-7-8-14-20(19)22/h4-15,17,20-21,24H,16H2,1-3H3,(H,23,25)/t17-,20?,21?,22?,28?/m0/s1. The monoisotopic (exact) mass is 401 g/mol. The van der Waals surface area contributed by atoms with E-state index >= 15 is 0 Å². The normalized spacial score (nSPS) is 27.6. The first kappa shape index (κ1) is 21.0. The molecule has 0 aliphatic heterocycles. The van der Waals surface area contributed by atoms with Gasteiger partial charge in [-0.15, -0.1) is 0 Å². The van der Waals surface area contributed by atoms with Gasteiger partial charge in [-0.1, -0.05) is 72.9 Å². The summed E-state index contributed by atoms with van der Waals surface area (Å²) < 4.78 is 24.7. The van der Waals surface area contributed by atoms with Crippen molar-refractivity contribution in [3.05, 3.63) is 84.0 Å². The Bertz CT molecular complexity index is 845. The maximum absolute atomic E-state index is 13.2. The number of fused-ring (bicyclic) bond motifs is 1. The van der Waals surface area contributed by atoms with Gasteiger partial charge in [0, 0.05) is 12.6 Å². The van der Waals surface area contributed by atoms with E-state index in [9.17, 15) is 9.67 Å². The molecule has 0 heterocycles. The zero-order chi connectivity index (χ0) is 20.2. The number of hydrogen-bond donors (Lipinski definition) is 2. The quantitative estimate of drug-likeness (QED) is 0.501. The van der Waals surface area contributed by atoms with Crippen LogP contribution in [0.2, 0.25) is 0 Å². The number of allylic oxidation sites excluding steroid dienone is 5. The lowest BCUT2D eigenvalue weighted by atomic mass is 9.78. The van der Waals surface area contributed by atoms with Crippen LogP contribution in [0.15, 0.2) is 78.4 Å². The summed E-state index contributed by atoms with van der Waals surface area (Å²) in [5, 5.41) is 13.2. The highest BCUT2D eigenvalue weighted by Gasteiger charge is 2.40. The zero-order valence-corrected chi connectivity index (χ0v) is 17.4. The van der Waals surface area contributed by atoms with Crippen molar-refractivity contribution in [3.8, 4) is 0 Å². The highest BCUT2D eigenvalue weighted by Crippen LogP contribution is 2.49. The lowest BCUT2D eigenvalue weighted by molar-refractivity contribution is -0.122. The molecule has 5 nitrogen and oxygen atoms in total. The van der Waals surface area contributed by atoms with Crippen LogP contribution < -0.4 is 5.09 Å². The molecule has 0 saturated carbocycles. The lowest BCUT2D eigenvalue weighted by Gasteiger charge is -2.39. The van der Waals surface area contributed by atoms with E-state index in [4.69, 9.17) is 9.26 Å². The summed E-state index contributed by atoms with van der Waals surface area (Å²) in [6, 6.07) is 9.03. The molecule has 1 aromatic carbocycles. The fourth-order valence-corrected chi connectivity index (χ4v) is 5.36. The summed E-state index contributed by atoms with van der Waals surface area (Å²) in [5.74, 6) is -0.00728. The Morgan fingerprint density at radius 3 is 2.75 bits per heavy atom. The highest BCUT2D eigenvalue weighted by atomic mass is 31.2. The molecular formula is C22H28NO4P. The van der Waals surface area contributed by atoms with E-state index in [-0.39, 0.29) is 12.5 Å². The molecule has 0 radical (unpaired) electrons. The molecule has 0 bridgehead atoms. The van der Waals surface area contributed by atoms with Crippen LogP contribution in [0, 0.1) is 5.92 Å². The maximum atomic E-state index is 13.2. The fourth-order valence-electron chi connectivity index (χ4n) is 3.51. The molecule has 28 heavy (non-hydrogen) atoms. The third-order valence-electron chi connectivity index (χ3n) is 4.90. The van der Waals surface area contributed by atoms with Gasteiger partial charge >= 0.3 is 0 Å². The first-order valence-electron chi connectivity index (χ1n) is 9.43. The minimum atomic E-state index is -3.22. The Kier molecular flexibility index (Phi) is 6.54. The number of rotatable bonds is 8. The summed E-state index contributed by atoms with van der Waals surface area (Å²) in [6.45, 7) is 5.46. The Hall–Kier alpha value is -1.75. The molecule has 2 N–H and O–H groups in total. The first-order chi connectivity index (χ1) is 13.3. The molecule has 0 aromatic heterocycles. The number of ether oxygens (including phenoxy) is 1. The lowest BCUT2D eigenvalue weighted by Crippen LogP contribution is -2.42. The summed E-state index contributed by atoms with van der Waals surface area (Å²) >= 11 is 0. The van der Waals surface area contributed by atoms with Crippen LogP contribution >= 0.6 is 7.52 Å². The van der Waals surface area contributed by atoms with Crippen molar-refractivity contribution in [3.63, 3.8) is 0 Å². The molecular weight excluding hydrogens is 373 g/mol. The van der Waals surface area contributed by atoms with Gasteiger partial charge < -0.3 is 14.4 Å². The summed E-state index contributed by atoms with van der Waals surface area (Å²) in [7, 11) is -3.22. The Morgan fingerprint density at radius 1 is 1.25 bits per heavy atom. The van der Waals surface area contributed by atoms with Crippen LogP contribution in [0.5, 0.6) is 0 Å². The van der Waals surface area contributed by atoms with E-state index in [2.05, 4.69) is 11.2 Å². The third kappa shape index (κ3) is 5.19. The van der Waals surface area contributed by atoms with Crippen LogP contribution in [0.4, 0.5) is 0 Å². The van der Waals surface area contributed by atoms with Crippen molar-refractivity contribution in [2.24, 2.45) is 5.92 Å². The van der Waals surface area contributed by atoms with E-state index in [1.165, 1.54) is 6.66 Å². The number of benzene rings is 1. The molecule has 2 aliphatic rings. The Balaban J connectivity index is 1.59. The van der Waals surface area contributed by atoms with Crippen molar-refractivity contribution in [2.75, 3.05) is 6.66 Å². The topological polar surface area (TPSA) is 67.8 Å². The van der Waals surface area contributed by atoms with Crippen LogP contribution in [-0.4, -0.2) is 29.7 Å². The number of aliphatic hydroxyl groups excluding tert-OH is 1. The molecule has 3 rings (SSSR count). The van der Waals surface area contributed by atoms with Gasteiger partial charge in [-0.05, 0) is 25.0 Å². The average molecular weight is 401 g/mol. The van der Waals surface area contributed by atoms with Gasteiger partial charge in [0.05, 0.1) is 12.6 Å². The van der Waals surface area contributed by atoms with Crippen LogP contribution in [0.1, 0.15) is 19.4 Å². The second-order valence-electron chi connectivity index (χ2n) is 7.47. The SMILES string of the molecule is C[C@H](NP(C)(=O)OC1(C)C=CC=C2C=CC=CC21)C(O)OCc1ccccc1. The van der Waals surface area contributed by atoms with E-state index in [1.807, 2.05) is 73.7 Å². The predicted molar refractivity (Wildman–Crippen MR) is 112 cm³/mol. The molecule has 0 amide bonds. The van der Waals surface area contributed by atoms with Crippen LogP contribution in [0.3, 0.4) is 0 Å². The van der Waals surface area contributed by atoms with Crippen LogP contribution in [-0.2, 0) is 20.4 Å². The van der Waals surface area contributed by atoms with Gasteiger partial charge in [0.2, 0.25) is 0 Å². The van der Waals surface area contributed by atoms with E-state index < -0.39 is 25.5 Å². The van der Waals surface area contributed by atoms with Gasteiger partial charge in [-0.3, -0.25) is 4.57 Å². The second-order valence-corrected chi connectivity index (χ2v) is 9.61. The second kappa shape index (κ2) is 8.73. The largest absolute Gasteiger partial charge is 0.367 e. The Labute approximate surface area is 167 Å². The van der Waals surface area contributed by atoms with Gasteiger partial charge in [-0.2, -0.15) is 0 Å². The average Bonchev–Trinajstić information content (AvgIpc) is 2.66. The van der Waals surface area contributed by atoms with Gasteiger partial charge in [0.1, 0.15) is 5.60 Å². The smallest absolute Gasteiger partial charge is 0.268 e. The molecule has 1 aromatic rings. The van der Waals surface area contributed by atoms with Crippen molar-refractivity contribution in [1.29, 1.82) is 0 Å². The number of aliphatic hydroxyl groups is 1. The fraction of sp³-hybridized carbons (Fsp3) is 0.364. The van der Waals surface area contributed by atoms with Crippen molar-refractivity contribution in [1.82, 2.24) is 5.09 Å². The predicted octanol–water partition coefficient (Wildman–Crippen LogP) is 4.34. The molecule has 0 fully saturated rings. The minimum Gasteiger partial charge on any atom is -0.367 e.